The van der Waals surface area contributed by atoms with Crippen LogP contribution in [0.2, 0.25) is 18.1 Å². The lowest BCUT2D eigenvalue weighted by atomic mass is 9.89. The van der Waals surface area contributed by atoms with Gasteiger partial charge in [-0.15, -0.1) is 11.8 Å². The zero-order valence-electron chi connectivity index (χ0n) is 20.4. The van der Waals surface area contributed by atoms with Gasteiger partial charge >= 0.3 is 0 Å². The van der Waals surface area contributed by atoms with E-state index >= 15 is 4.39 Å². The second-order valence-electron chi connectivity index (χ2n) is 10.2. The summed E-state index contributed by atoms with van der Waals surface area (Å²) in [6.45, 7) is 12.3. The van der Waals surface area contributed by atoms with Crippen molar-refractivity contribution in [3.05, 3.63) is 64.1 Å². The maximum absolute atomic E-state index is 16.1. The topological polar surface area (TPSA) is 51.5 Å². The minimum Gasteiger partial charge on any atom is -0.416 e. The summed E-state index contributed by atoms with van der Waals surface area (Å²) in [4.78, 5) is 21.7. The molecule has 3 atom stereocenters. The zero-order valence-corrected chi connectivity index (χ0v) is 23.8. The summed E-state index contributed by atoms with van der Waals surface area (Å²) in [5, 5.41) is -0.245. The Labute approximate surface area is 214 Å². The van der Waals surface area contributed by atoms with Gasteiger partial charge in [-0.05, 0) is 53.1 Å². The Morgan fingerprint density at radius 2 is 1.85 bits per heavy atom. The second kappa shape index (κ2) is 10.3. The Morgan fingerprint density at radius 3 is 2.47 bits per heavy atom. The molecule has 0 amide bonds. The third kappa shape index (κ3) is 5.86. The first-order chi connectivity index (χ1) is 15.7. The third-order valence-electron chi connectivity index (χ3n) is 6.62. The first-order valence-corrected chi connectivity index (χ1v) is 15.8. The van der Waals surface area contributed by atoms with Crippen LogP contribution in [0.3, 0.4) is 0 Å². The highest BCUT2D eigenvalue weighted by Gasteiger charge is 2.49. The molecule has 0 saturated carbocycles. The van der Waals surface area contributed by atoms with Crippen molar-refractivity contribution in [1.82, 2.24) is 4.98 Å². The van der Waals surface area contributed by atoms with Crippen LogP contribution in [0.15, 0.2) is 52.1 Å². The highest BCUT2D eigenvalue weighted by Crippen LogP contribution is 2.44. The number of Topliss-reactive ketones (excluding diaryl/α,β-unsaturated/α-hetero) is 1. The first-order valence-electron chi connectivity index (χ1n) is 11.2. The van der Waals surface area contributed by atoms with E-state index in [4.69, 9.17) is 4.43 Å². The number of hydrogen-bond acceptors (Lipinski definition) is 5. The van der Waals surface area contributed by atoms with Crippen molar-refractivity contribution < 1.29 is 18.0 Å². The highest BCUT2D eigenvalue weighted by atomic mass is 79.9. The van der Waals surface area contributed by atoms with E-state index in [0.29, 0.717) is 15.2 Å². The summed E-state index contributed by atoms with van der Waals surface area (Å²) in [6, 6.07) is 11.6. The molecule has 0 unspecified atom stereocenters. The van der Waals surface area contributed by atoms with E-state index in [2.05, 4.69) is 59.8 Å². The molecule has 4 nitrogen and oxygen atoms in total. The van der Waals surface area contributed by atoms with E-state index in [1.807, 2.05) is 6.07 Å². The molecule has 0 saturated heterocycles. The normalized spacial score (nSPS) is 23.5. The van der Waals surface area contributed by atoms with Gasteiger partial charge in [0, 0.05) is 12.2 Å². The molecule has 2 heterocycles. The molecule has 9 heteroatoms. The lowest BCUT2D eigenvalue weighted by Crippen LogP contribution is -2.49. The van der Waals surface area contributed by atoms with Gasteiger partial charge in [-0.25, -0.2) is 13.8 Å². The number of thioether (sulfide) groups is 1. The number of nitrogens with zero attached hydrogens (tertiary/aromatic N) is 2. The van der Waals surface area contributed by atoms with Crippen molar-refractivity contribution in [3.63, 3.8) is 0 Å². The number of rotatable bonds is 7. The van der Waals surface area contributed by atoms with Crippen LogP contribution in [0.25, 0.3) is 0 Å². The monoisotopic (exact) mass is 568 g/mol. The summed E-state index contributed by atoms with van der Waals surface area (Å²) in [5.41, 5.74) is -1.13. The van der Waals surface area contributed by atoms with Crippen LogP contribution < -0.4 is 0 Å². The van der Waals surface area contributed by atoms with Crippen LogP contribution in [-0.4, -0.2) is 42.2 Å². The lowest BCUT2D eigenvalue weighted by molar-refractivity contribution is 0.0999. The summed E-state index contributed by atoms with van der Waals surface area (Å²) >= 11 is 4.47. The van der Waals surface area contributed by atoms with Crippen molar-refractivity contribution >= 4 is 46.8 Å². The Bertz CT molecular complexity index is 1080. The third-order valence-corrected chi connectivity index (χ3v) is 12.7. The Morgan fingerprint density at radius 1 is 1.21 bits per heavy atom. The van der Waals surface area contributed by atoms with Crippen molar-refractivity contribution in [3.8, 4) is 0 Å². The fourth-order valence-corrected chi connectivity index (χ4v) is 6.26. The van der Waals surface area contributed by atoms with Crippen LogP contribution in [0.5, 0.6) is 0 Å². The minimum absolute atomic E-state index is 0.00318. The predicted octanol–water partition coefficient (Wildman–Crippen LogP) is 7.35. The minimum atomic E-state index is -2.15. The molecule has 3 rings (SSSR count). The molecule has 0 spiro atoms. The van der Waals surface area contributed by atoms with Gasteiger partial charge in [-0.2, -0.15) is 0 Å². The quantitative estimate of drug-likeness (QED) is 0.199. The lowest BCUT2D eigenvalue weighted by Gasteiger charge is -2.41. The van der Waals surface area contributed by atoms with E-state index in [9.17, 15) is 9.18 Å². The molecule has 1 aromatic heterocycles. The number of halogens is 3. The summed E-state index contributed by atoms with van der Waals surface area (Å²) in [7, 11) is -2.15. The number of alkyl halides is 1. The Hall–Kier alpha value is -1.42. The van der Waals surface area contributed by atoms with Gasteiger partial charge < -0.3 is 4.43 Å². The summed E-state index contributed by atoms with van der Waals surface area (Å²) in [6.07, 6.45) is -1.56. The van der Waals surface area contributed by atoms with E-state index in [0.717, 1.165) is 0 Å². The zero-order chi connectivity index (χ0) is 25.3. The van der Waals surface area contributed by atoms with E-state index in [1.54, 1.807) is 31.2 Å². The second-order valence-corrected chi connectivity index (χ2v) is 17.1. The molecule has 0 aliphatic carbocycles. The van der Waals surface area contributed by atoms with E-state index in [1.165, 1.54) is 23.9 Å². The molecule has 34 heavy (non-hydrogen) atoms. The molecule has 184 valence electrons. The maximum Gasteiger partial charge on any atom is 0.192 e. The molecular formula is C25H31BrF2N2O2SSi. The number of pyridine rings is 1. The fourth-order valence-electron chi connectivity index (χ4n) is 3.47. The molecule has 1 aromatic carbocycles. The number of carbonyl (C=O) groups excluding carboxylic acids is 1. The van der Waals surface area contributed by atoms with Crippen molar-refractivity contribution in [2.24, 2.45) is 4.99 Å². The van der Waals surface area contributed by atoms with Crippen LogP contribution in [-0.2, 0) is 9.96 Å². The van der Waals surface area contributed by atoms with Gasteiger partial charge in [0.1, 0.15) is 27.8 Å². The number of ketones is 1. The molecule has 1 aliphatic heterocycles. The number of carbonyl (C=O) groups is 1. The van der Waals surface area contributed by atoms with Crippen LogP contribution in [0.1, 0.15) is 50.2 Å². The standard InChI is InChI=1S/C25H31BrF2N2O2SSi/c1-24(2,3)34(5,6)32-15-19-22(28)25(4,23-17(27)12-13-20(26)29-23)30-21(33-19)14-18(31)16-10-8-7-9-11-16/h7-13,19,22H,14-15H2,1-6H3/t19-,22+,25+/m1/s1. The molecule has 0 radical (unpaired) electrons. The number of aliphatic imine (C=N–C) groups is 1. The van der Waals surface area contributed by atoms with Gasteiger partial charge in [-0.1, -0.05) is 51.1 Å². The molecule has 0 N–H and O–H groups in total. The predicted molar refractivity (Wildman–Crippen MR) is 141 cm³/mol. The van der Waals surface area contributed by atoms with Gasteiger partial charge in [-0.3, -0.25) is 9.79 Å². The number of aromatic nitrogens is 1. The number of benzene rings is 1. The van der Waals surface area contributed by atoms with Crippen LogP contribution >= 0.6 is 27.7 Å². The highest BCUT2D eigenvalue weighted by molar-refractivity contribution is 9.10. The average Bonchev–Trinajstić information content (AvgIpc) is 2.76. The Balaban J connectivity index is 1.98. The van der Waals surface area contributed by atoms with Crippen LogP contribution in [0.4, 0.5) is 8.78 Å². The van der Waals surface area contributed by atoms with Gasteiger partial charge in [0.25, 0.3) is 0 Å². The van der Waals surface area contributed by atoms with Crippen molar-refractivity contribution in [2.75, 3.05) is 6.61 Å². The molecule has 1 aliphatic rings. The summed E-state index contributed by atoms with van der Waals surface area (Å²) in [5.74, 6) is -0.764. The van der Waals surface area contributed by atoms with Gasteiger partial charge in [0.05, 0.1) is 16.7 Å². The van der Waals surface area contributed by atoms with E-state index < -0.39 is 31.1 Å². The molecular weight excluding hydrogens is 538 g/mol. The van der Waals surface area contributed by atoms with Crippen molar-refractivity contribution in [2.45, 2.75) is 69.2 Å². The van der Waals surface area contributed by atoms with E-state index in [-0.39, 0.29) is 29.5 Å². The fraction of sp³-hybridized carbons (Fsp3) is 0.480. The van der Waals surface area contributed by atoms with Gasteiger partial charge in [0.15, 0.2) is 14.1 Å². The van der Waals surface area contributed by atoms with Crippen LogP contribution in [0, 0.1) is 5.82 Å². The summed E-state index contributed by atoms with van der Waals surface area (Å²) < 4.78 is 37.7. The average molecular weight is 570 g/mol. The van der Waals surface area contributed by atoms with Crippen molar-refractivity contribution in [1.29, 1.82) is 0 Å². The largest absolute Gasteiger partial charge is 0.416 e. The number of hydrogen-bond donors (Lipinski definition) is 0. The SMILES string of the molecule is CC(C)(C)[Si](C)(C)OC[C@H]1SC(CC(=O)c2ccccc2)=N[C@](C)(c2nc(Br)ccc2F)[C@H]1F. The Kier molecular flexibility index (Phi) is 8.22. The van der Waals surface area contributed by atoms with Gasteiger partial charge in [0.2, 0.25) is 0 Å². The molecule has 2 aromatic rings. The maximum atomic E-state index is 16.1. The molecule has 0 fully saturated rings. The molecule has 0 bridgehead atoms. The smallest absolute Gasteiger partial charge is 0.192 e. The first kappa shape index (κ1) is 27.2.